The monoisotopic (exact) mass is 241 g/mol. The lowest BCUT2D eigenvalue weighted by Crippen LogP contribution is -2.43. The van der Waals surface area contributed by atoms with E-state index in [1.807, 2.05) is 0 Å². The van der Waals surface area contributed by atoms with Gasteiger partial charge in [0.25, 0.3) is 0 Å². The molecule has 0 saturated carbocycles. The third-order valence-electron chi connectivity index (χ3n) is 2.39. The minimum absolute atomic E-state index is 0.269. The van der Waals surface area contributed by atoms with Crippen molar-refractivity contribution in [3.8, 4) is 0 Å². The highest BCUT2D eigenvalue weighted by molar-refractivity contribution is 5.78. The predicted octanol–water partition coefficient (Wildman–Crippen LogP) is 1.81. The zero-order valence-electron chi connectivity index (χ0n) is 9.55. The molecule has 1 amide bonds. The molecule has 0 saturated heterocycles. The molecule has 0 heterocycles. The maximum atomic E-state index is 12.2. The maximum Gasteiger partial charge on any atom is 0.406 e. The highest BCUT2D eigenvalue weighted by Gasteiger charge is 2.34. The van der Waals surface area contributed by atoms with Gasteiger partial charge in [-0.1, -0.05) is 13.8 Å². The van der Waals surface area contributed by atoms with Gasteiger partial charge in [-0.05, 0) is 12.8 Å². The summed E-state index contributed by atoms with van der Waals surface area (Å²) in [5.41, 5.74) is 0. The number of hydrogen-bond donors (Lipinski definition) is 1. The molecule has 0 spiro atoms. The number of amides is 1. The molecule has 0 aliphatic rings. The number of aliphatic hydroxyl groups excluding tert-OH is 1. The molecule has 0 aromatic carbocycles. The number of hydrogen-bond acceptors (Lipinski definition) is 2. The second kappa shape index (κ2) is 6.73. The van der Waals surface area contributed by atoms with Crippen LogP contribution < -0.4 is 0 Å². The SMILES string of the molecule is CCC(CC)C(=O)N(CCO)CC(F)(F)F. The molecule has 0 bridgehead atoms. The first-order chi connectivity index (χ1) is 7.35. The van der Waals surface area contributed by atoms with Crippen molar-refractivity contribution in [2.24, 2.45) is 5.92 Å². The summed E-state index contributed by atoms with van der Waals surface area (Å²) in [5, 5.41) is 8.65. The molecule has 0 aromatic rings. The third kappa shape index (κ3) is 5.34. The van der Waals surface area contributed by atoms with Crippen LogP contribution in [0.1, 0.15) is 26.7 Å². The average molecular weight is 241 g/mol. The Balaban J connectivity index is 4.57. The van der Waals surface area contributed by atoms with Gasteiger partial charge < -0.3 is 10.0 Å². The van der Waals surface area contributed by atoms with Gasteiger partial charge in [0.15, 0.2) is 0 Å². The molecule has 0 aliphatic heterocycles. The van der Waals surface area contributed by atoms with Gasteiger partial charge in [0, 0.05) is 12.5 Å². The van der Waals surface area contributed by atoms with Crippen LogP contribution in [0.3, 0.4) is 0 Å². The Morgan fingerprint density at radius 2 is 1.81 bits per heavy atom. The molecule has 0 aliphatic carbocycles. The fourth-order valence-electron chi connectivity index (χ4n) is 1.50. The van der Waals surface area contributed by atoms with E-state index in [2.05, 4.69) is 0 Å². The number of nitrogens with zero attached hydrogens (tertiary/aromatic N) is 1. The van der Waals surface area contributed by atoms with Crippen molar-refractivity contribution < 1.29 is 23.1 Å². The lowest BCUT2D eigenvalue weighted by molar-refractivity contribution is -0.164. The van der Waals surface area contributed by atoms with E-state index in [0.29, 0.717) is 17.7 Å². The minimum atomic E-state index is -4.42. The standard InChI is InChI=1S/C10H18F3NO2/c1-3-8(4-2)9(16)14(5-6-15)7-10(11,12)13/h8,15H,3-7H2,1-2H3. The lowest BCUT2D eigenvalue weighted by atomic mass is 10.0. The summed E-state index contributed by atoms with van der Waals surface area (Å²) in [7, 11) is 0. The summed E-state index contributed by atoms with van der Waals surface area (Å²) in [6.45, 7) is 1.51. The van der Waals surface area contributed by atoms with Crippen LogP contribution in [0.25, 0.3) is 0 Å². The summed E-state index contributed by atoms with van der Waals surface area (Å²) in [6.07, 6.45) is -3.40. The van der Waals surface area contributed by atoms with Gasteiger partial charge in [-0.25, -0.2) is 0 Å². The van der Waals surface area contributed by atoms with E-state index in [1.54, 1.807) is 13.8 Å². The van der Waals surface area contributed by atoms with Gasteiger partial charge in [-0.15, -0.1) is 0 Å². The van der Waals surface area contributed by atoms with E-state index in [-0.39, 0.29) is 6.54 Å². The molecule has 6 heteroatoms. The number of rotatable bonds is 6. The van der Waals surface area contributed by atoms with Gasteiger partial charge >= 0.3 is 6.18 Å². The minimum Gasteiger partial charge on any atom is -0.395 e. The molecule has 96 valence electrons. The normalized spacial score (nSPS) is 11.9. The highest BCUT2D eigenvalue weighted by Crippen LogP contribution is 2.19. The number of halogens is 3. The second-order valence-corrected chi connectivity index (χ2v) is 3.61. The Bertz CT molecular complexity index is 215. The van der Waals surface area contributed by atoms with Crippen LogP contribution in [0, 0.1) is 5.92 Å². The molecule has 16 heavy (non-hydrogen) atoms. The fraction of sp³-hybridized carbons (Fsp3) is 0.900. The number of carbonyl (C=O) groups is 1. The largest absolute Gasteiger partial charge is 0.406 e. The zero-order valence-corrected chi connectivity index (χ0v) is 9.55. The summed E-state index contributed by atoms with van der Waals surface area (Å²) in [6, 6.07) is 0. The fourth-order valence-corrected chi connectivity index (χ4v) is 1.50. The number of carbonyl (C=O) groups excluding carboxylic acids is 1. The summed E-state index contributed by atoms with van der Waals surface area (Å²) in [5.74, 6) is -0.926. The summed E-state index contributed by atoms with van der Waals surface area (Å²) < 4.78 is 36.6. The summed E-state index contributed by atoms with van der Waals surface area (Å²) in [4.78, 5) is 12.4. The van der Waals surface area contributed by atoms with Gasteiger partial charge in [-0.3, -0.25) is 4.79 Å². The average Bonchev–Trinajstić information content (AvgIpc) is 2.17. The molecule has 1 N–H and O–H groups in total. The predicted molar refractivity (Wildman–Crippen MR) is 53.8 cm³/mol. The van der Waals surface area contributed by atoms with Crippen molar-refractivity contribution in [3.05, 3.63) is 0 Å². The molecule has 0 aromatic heterocycles. The first-order valence-electron chi connectivity index (χ1n) is 5.32. The molecule has 0 fully saturated rings. The number of aliphatic hydroxyl groups is 1. The van der Waals surface area contributed by atoms with E-state index >= 15 is 0 Å². The van der Waals surface area contributed by atoms with Crippen LogP contribution >= 0.6 is 0 Å². The molecule has 0 unspecified atom stereocenters. The van der Waals surface area contributed by atoms with Gasteiger partial charge in [0.1, 0.15) is 6.54 Å². The Morgan fingerprint density at radius 1 is 1.31 bits per heavy atom. The van der Waals surface area contributed by atoms with Crippen molar-refractivity contribution in [2.75, 3.05) is 19.7 Å². The number of alkyl halides is 3. The molecule has 0 radical (unpaired) electrons. The summed E-state index contributed by atoms with van der Waals surface area (Å²) >= 11 is 0. The van der Waals surface area contributed by atoms with E-state index in [9.17, 15) is 18.0 Å². The van der Waals surface area contributed by atoms with Crippen LogP contribution in [0.5, 0.6) is 0 Å². The second-order valence-electron chi connectivity index (χ2n) is 3.61. The van der Waals surface area contributed by atoms with Gasteiger partial charge in [0.2, 0.25) is 5.91 Å². The quantitative estimate of drug-likeness (QED) is 0.770. The Hall–Kier alpha value is -0.780. The first-order valence-corrected chi connectivity index (χ1v) is 5.32. The van der Waals surface area contributed by atoms with Crippen molar-refractivity contribution in [1.82, 2.24) is 4.90 Å². The maximum absolute atomic E-state index is 12.2. The molecular weight excluding hydrogens is 223 g/mol. The molecule has 0 atom stereocenters. The van der Waals surface area contributed by atoms with Crippen molar-refractivity contribution in [3.63, 3.8) is 0 Å². The van der Waals surface area contributed by atoms with E-state index in [0.717, 1.165) is 0 Å². The van der Waals surface area contributed by atoms with Crippen molar-refractivity contribution in [1.29, 1.82) is 0 Å². The van der Waals surface area contributed by atoms with Crippen LogP contribution in [0.2, 0.25) is 0 Å². The highest BCUT2D eigenvalue weighted by atomic mass is 19.4. The molecule has 3 nitrogen and oxygen atoms in total. The topological polar surface area (TPSA) is 40.5 Å². The van der Waals surface area contributed by atoms with E-state index in [4.69, 9.17) is 5.11 Å². The Kier molecular flexibility index (Phi) is 6.40. The van der Waals surface area contributed by atoms with Crippen LogP contribution in [-0.4, -0.2) is 41.8 Å². The van der Waals surface area contributed by atoms with Gasteiger partial charge in [0.05, 0.1) is 6.61 Å². The third-order valence-corrected chi connectivity index (χ3v) is 2.39. The van der Waals surface area contributed by atoms with Crippen LogP contribution in [0.15, 0.2) is 0 Å². The zero-order chi connectivity index (χ0) is 12.8. The van der Waals surface area contributed by atoms with E-state index < -0.39 is 31.2 Å². The van der Waals surface area contributed by atoms with Crippen molar-refractivity contribution in [2.45, 2.75) is 32.9 Å². The first kappa shape index (κ1) is 15.2. The Morgan fingerprint density at radius 3 is 2.12 bits per heavy atom. The lowest BCUT2D eigenvalue weighted by Gasteiger charge is -2.26. The molecule has 0 rings (SSSR count). The Labute approximate surface area is 93.2 Å². The van der Waals surface area contributed by atoms with Crippen LogP contribution in [-0.2, 0) is 4.79 Å². The van der Waals surface area contributed by atoms with E-state index in [1.165, 1.54) is 0 Å². The van der Waals surface area contributed by atoms with Crippen molar-refractivity contribution >= 4 is 5.91 Å². The van der Waals surface area contributed by atoms with Gasteiger partial charge in [-0.2, -0.15) is 13.2 Å². The van der Waals surface area contributed by atoms with Crippen LogP contribution in [0.4, 0.5) is 13.2 Å². The molecular formula is C10H18F3NO2. The smallest absolute Gasteiger partial charge is 0.395 e.